The molecule has 5 aliphatic rings. The standard InChI is InChI=1S/C27H27F2N5O2/c1-27-19(9-17(28)10-21(27)29)18(13-31-27)25-32-20(16-3-2-8-30-12-16)11-22(34-25)33-24-15-6-4-14(5-7-15)23(24)26(35)36/h2-3,8-15,21,23-24,31H,4-7H2,1H3,(H,35,36)(H,32,33,34). The first kappa shape index (κ1) is 22.8. The molecular weight excluding hydrogens is 464 g/mol. The Balaban J connectivity index is 1.42. The molecule has 4 aliphatic carbocycles. The van der Waals surface area contributed by atoms with Gasteiger partial charge >= 0.3 is 5.97 Å². The van der Waals surface area contributed by atoms with E-state index in [9.17, 15) is 18.7 Å². The first-order valence-electron chi connectivity index (χ1n) is 12.3. The number of carboxylic acids is 1. The van der Waals surface area contributed by atoms with Gasteiger partial charge in [0.1, 0.15) is 17.8 Å². The van der Waals surface area contributed by atoms with E-state index in [2.05, 4.69) is 15.6 Å². The fourth-order valence-electron chi connectivity index (χ4n) is 6.28. The summed E-state index contributed by atoms with van der Waals surface area (Å²) in [6.45, 7) is 1.68. The Labute approximate surface area is 207 Å². The number of aliphatic carboxylic acids is 1. The van der Waals surface area contributed by atoms with E-state index in [1.807, 2.05) is 6.07 Å². The van der Waals surface area contributed by atoms with E-state index in [1.165, 1.54) is 6.08 Å². The van der Waals surface area contributed by atoms with Crippen LogP contribution >= 0.6 is 0 Å². The van der Waals surface area contributed by atoms with E-state index >= 15 is 0 Å². The van der Waals surface area contributed by atoms with E-state index < -0.39 is 29.4 Å². The van der Waals surface area contributed by atoms with Crippen molar-refractivity contribution in [1.29, 1.82) is 0 Å². The minimum absolute atomic E-state index is 0.148. The van der Waals surface area contributed by atoms with Crippen molar-refractivity contribution in [1.82, 2.24) is 20.3 Å². The summed E-state index contributed by atoms with van der Waals surface area (Å²) in [6, 6.07) is 5.22. The van der Waals surface area contributed by atoms with Crippen LogP contribution in [0.15, 0.2) is 60.3 Å². The first-order chi connectivity index (χ1) is 17.3. The lowest BCUT2D eigenvalue weighted by molar-refractivity contribution is -0.148. The van der Waals surface area contributed by atoms with E-state index in [4.69, 9.17) is 9.97 Å². The number of hydrogen-bond donors (Lipinski definition) is 3. The van der Waals surface area contributed by atoms with Crippen LogP contribution in [0.2, 0.25) is 0 Å². The smallest absolute Gasteiger partial charge is 0.308 e. The highest BCUT2D eigenvalue weighted by Gasteiger charge is 2.48. The fraction of sp³-hybridized carbons (Fsp3) is 0.407. The Hall–Kier alpha value is -3.62. The molecule has 9 heteroatoms. The van der Waals surface area contributed by atoms with Gasteiger partial charge in [-0.1, -0.05) is 0 Å². The van der Waals surface area contributed by atoms with Gasteiger partial charge in [0.15, 0.2) is 5.82 Å². The second kappa shape index (κ2) is 8.50. The van der Waals surface area contributed by atoms with Crippen molar-refractivity contribution >= 4 is 17.4 Å². The Morgan fingerprint density at radius 2 is 2.00 bits per heavy atom. The van der Waals surface area contributed by atoms with Gasteiger partial charge in [-0.25, -0.2) is 18.7 Å². The predicted octanol–water partition coefficient (Wildman–Crippen LogP) is 4.67. The summed E-state index contributed by atoms with van der Waals surface area (Å²) in [5.74, 6) is -0.729. The second-order valence-corrected chi connectivity index (χ2v) is 10.3. The lowest BCUT2D eigenvalue weighted by Gasteiger charge is -2.47. The number of carboxylic acid groups (broad SMARTS) is 1. The number of carbonyl (C=O) groups is 1. The SMILES string of the molecule is CC12NC=C(c3nc(NC4C5CCC(CC5)C4C(=O)O)cc(-c4cccnc4)n3)C1=CC(F)=CC2F. The number of fused-ring (bicyclic) bond motifs is 4. The summed E-state index contributed by atoms with van der Waals surface area (Å²) in [6.07, 6.45) is 9.54. The van der Waals surface area contributed by atoms with Crippen molar-refractivity contribution < 1.29 is 18.7 Å². The number of alkyl halides is 1. The third kappa shape index (κ3) is 3.68. The maximum Gasteiger partial charge on any atom is 0.308 e. The van der Waals surface area contributed by atoms with Gasteiger partial charge in [-0.15, -0.1) is 0 Å². The maximum atomic E-state index is 14.8. The average Bonchev–Trinajstić information content (AvgIpc) is 3.22. The van der Waals surface area contributed by atoms with Crippen LogP contribution in [-0.2, 0) is 4.79 Å². The number of allylic oxidation sites excluding steroid dienone is 2. The topological polar surface area (TPSA) is 100 Å². The molecule has 7 rings (SSSR count). The number of rotatable bonds is 5. The number of nitrogens with one attached hydrogen (secondary N) is 2. The highest BCUT2D eigenvalue weighted by molar-refractivity contribution is 5.84. The molecular formula is C27H27F2N5O2. The molecule has 36 heavy (non-hydrogen) atoms. The molecule has 0 amide bonds. The number of anilines is 1. The number of nitrogens with zero attached hydrogens (tertiary/aromatic N) is 3. The average molecular weight is 492 g/mol. The van der Waals surface area contributed by atoms with Gasteiger partial charge < -0.3 is 15.7 Å². The lowest BCUT2D eigenvalue weighted by Crippen LogP contribution is -2.51. The van der Waals surface area contributed by atoms with Crippen LogP contribution < -0.4 is 10.6 Å². The van der Waals surface area contributed by atoms with Crippen LogP contribution in [0.1, 0.15) is 38.4 Å². The van der Waals surface area contributed by atoms with Crippen LogP contribution in [0, 0.1) is 17.8 Å². The van der Waals surface area contributed by atoms with Crippen LogP contribution in [0.4, 0.5) is 14.6 Å². The molecule has 186 valence electrons. The summed E-state index contributed by atoms with van der Waals surface area (Å²) >= 11 is 0. The molecule has 3 N–H and O–H groups in total. The second-order valence-electron chi connectivity index (χ2n) is 10.3. The third-order valence-electron chi connectivity index (χ3n) is 8.25. The molecule has 2 aromatic rings. The van der Waals surface area contributed by atoms with E-state index in [-0.39, 0.29) is 17.9 Å². The van der Waals surface area contributed by atoms with Gasteiger partial charge in [0, 0.05) is 41.8 Å². The Morgan fingerprint density at radius 1 is 1.22 bits per heavy atom. The molecule has 0 aromatic carbocycles. The summed E-state index contributed by atoms with van der Waals surface area (Å²) < 4.78 is 29.1. The molecule has 0 radical (unpaired) electrons. The molecule has 0 spiro atoms. The zero-order valence-electron chi connectivity index (χ0n) is 19.8. The minimum atomic E-state index is -1.56. The van der Waals surface area contributed by atoms with Gasteiger partial charge in [0.2, 0.25) is 0 Å². The summed E-state index contributed by atoms with van der Waals surface area (Å²) in [4.78, 5) is 25.8. The molecule has 3 fully saturated rings. The number of halogens is 2. The van der Waals surface area contributed by atoms with Crippen LogP contribution in [-0.4, -0.2) is 43.8 Å². The number of aromatic nitrogens is 3. The third-order valence-corrected chi connectivity index (χ3v) is 8.25. The van der Waals surface area contributed by atoms with Crippen molar-refractivity contribution in [3.8, 4) is 11.3 Å². The van der Waals surface area contributed by atoms with Crippen molar-refractivity contribution in [3.63, 3.8) is 0 Å². The number of pyridine rings is 1. The van der Waals surface area contributed by atoms with Crippen LogP contribution in [0.3, 0.4) is 0 Å². The van der Waals surface area contributed by atoms with Crippen LogP contribution in [0.25, 0.3) is 16.8 Å². The minimum Gasteiger partial charge on any atom is -0.481 e. The van der Waals surface area contributed by atoms with Gasteiger partial charge in [-0.2, -0.15) is 0 Å². The Bertz CT molecular complexity index is 1300. The molecule has 3 saturated carbocycles. The monoisotopic (exact) mass is 491 g/mol. The van der Waals surface area contributed by atoms with Crippen LogP contribution in [0.5, 0.6) is 0 Å². The van der Waals surface area contributed by atoms with E-state index in [0.29, 0.717) is 28.5 Å². The summed E-state index contributed by atoms with van der Waals surface area (Å²) in [5.41, 5.74) is 1.15. The molecule has 2 aromatic heterocycles. The number of hydrogen-bond acceptors (Lipinski definition) is 6. The molecule has 3 heterocycles. The van der Waals surface area contributed by atoms with Crippen molar-refractivity contribution in [2.75, 3.05) is 5.32 Å². The Morgan fingerprint density at radius 3 is 2.72 bits per heavy atom. The van der Waals surface area contributed by atoms with Gasteiger partial charge in [-0.3, -0.25) is 9.78 Å². The van der Waals surface area contributed by atoms with Crippen molar-refractivity contribution in [3.05, 3.63) is 66.2 Å². The maximum absolute atomic E-state index is 14.8. The zero-order valence-corrected chi connectivity index (χ0v) is 19.8. The molecule has 7 nitrogen and oxygen atoms in total. The van der Waals surface area contributed by atoms with E-state index in [1.54, 1.807) is 37.7 Å². The van der Waals surface area contributed by atoms with Crippen molar-refractivity contribution in [2.24, 2.45) is 17.8 Å². The zero-order chi connectivity index (χ0) is 25.0. The molecule has 0 saturated heterocycles. The van der Waals surface area contributed by atoms with Gasteiger partial charge in [-0.05, 0) is 74.3 Å². The largest absolute Gasteiger partial charge is 0.481 e. The van der Waals surface area contributed by atoms with Gasteiger partial charge in [0.25, 0.3) is 0 Å². The van der Waals surface area contributed by atoms with Gasteiger partial charge in [0.05, 0.1) is 17.2 Å². The normalized spacial score (nSPS) is 32.6. The van der Waals surface area contributed by atoms with E-state index in [0.717, 1.165) is 37.3 Å². The highest BCUT2D eigenvalue weighted by Crippen LogP contribution is 2.47. The highest BCUT2D eigenvalue weighted by atomic mass is 19.1. The molecule has 2 bridgehead atoms. The quantitative estimate of drug-likeness (QED) is 0.559. The summed E-state index contributed by atoms with van der Waals surface area (Å²) in [7, 11) is 0. The summed E-state index contributed by atoms with van der Waals surface area (Å²) in [5, 5.41) is 16.5. The molecule has 4 atom stereocenters. The lowest BCUT2D eigenvalue weighted by atomic mass is 9.61. The molecule has 1 aliphatic heterocycles. The fourth-order valence-corrected chi connectivity index (χ4v) is 6.28. The predicted molar refractivity (Wildman–Crippen MR) is 131 cm³/mol. The Kier molecular flexibility index (Phi) is 5.39. The first-order valence-corrected chi connectivity index (χ1v) is 12.3. The van der Waals surface area contributed by atoms with Crippen molar-refractivity contribution in [2.45, 2.75) is 50.4 Å². The molecule has 4 unspecified atom stereocenters.